The minimum Gasteiger partial charge on any atom is -0.496 e. The topological polar surface area (TPSA) is 119 Å². The predicted octanol–water partition coefficient (Wildman–Crippen LogP) is 0.903. The number of hydrogen-bond donors (Lipinski definition) is 3. The summed E-state index contributed by atoms with van der Waals surface area (Å²) < 4.78 is 12.3. The number of hydrogen-bond acceptors (Lipinski definition) is 5. The highest BCUT2D eigenvalue weighted by atomic mass is 16.5. The molecule has 27 heavy (non-hydrogen) atoms. The van der Waals surface area contributed by atoms with Gasteiger partial charge in [-0.3, -0.25) is 14.4 Å². The van der Waals surface area contributed by atoms with Gasteiger partial charge in [0.15, 0.2) is 0 Å². The third-order valence-corrected chi connectivity index (χ3v) is 4.26. The van der Waals surface area contributed by atoms with Crippen molar-refractivity contribution in [3.63, 3.8) is 0 Å². The Kier molecular flexibility index (Phi) is 5.94. The largest absolute Gasteiger partial charge is 0.496 e. The Labute approximate surface area is 156 Å². The van der Waals surface area contributed by atoms with Crippen LogP contribution in [0.4, 0.5) is 0 Å². The summed E-state index contributed by atoms with van der Waals surface area (Å²) in [7, 11) is 4.77. The maximum atomic E-state index is 12.7. The number of amides is 2. The highest BCUT2D eigenvalue weighted by molar-refractivity contribution is 6.03. The molecule has 9 nitrogen and oxygen atoms in total. The van der Waals surface area contributed by atoms with Crippen LogP contribution in [-0.4, -0.2) is 53.8 Å². The Morgan fingerprint density at radius 3 is 2.19 bits per heavy atom. The number of aryl methyl sites for hydroxylation is 1. The van der Waals surface area contributed by atoms with Crippen molar-refractivity contribution in [2.24, 2.45) is 7.05 Å². The molecule has 146 valence electrons. The van der Waals surface area contributed by atoms with Gasteiger partial charge < -0.3 is 29.8 Å². The van der Waals surface area contributed by atoms with E-state index in [1.807, 2.05) is 0 Å². The van der Waals surface area contributed by atoms with E-state index in [1.165, 1.54) is 28.1 Å². The fourth-order valence-corrected chi connectivity index (χ4v) is 2.71. The van der Waals surface area contributed by atoms with Crippen molar-refractivity contribution in [2.75, 3.05) is 14.2 Å². The molecule has 9 heteroatoms. The number of methoxy groups -OCH3 is 2. The molecular formula is C18H23N3O6. The second-order valence-corrected chi connectivity index (χ2v) is 6.08. The monoisotopic (exact) mass is 377 g/mol. The van der Waals surface area contributed by atoms with Gasteiger partial charge in [0.25, 0.3) is 5.91 Å². The average molecular weight is 377 g/mol. The van der Waals surface area contributed by atoms with Crippen LogP contribution >= 0.6 is 0 Å². The number of carboxylic acids is 1. The molecule has 0 radical (unpaired) electrons. The molecule has 2 rings (SSSR count). The third-order valence-electron chi connectivity index (χ3n) is 4.26. The number of ether oxygens (including phenoxy) is 2. The molecule has 0 fully saturated rings. The minimum atomic E-state index is -1.16. The Morgan fingerprint density at radius 1 is 1.04 bits per heavy atom. The molecule has 0 saturated heterocycles. The van der Waals surface area contributed by atoms with E-state index in [9.17, 15) is 14.4 Å². The molecule has 0 bridgehead atoms. The van der Waals surface area contributed by atoms with Crippen LogP contribution in [0.5, 0.6) is 11.5 Å². The highest BCUT2D eigenvalue weighted by Gasteiger charge is 2.24. The first-order chi connectivity index (χ1) is 12.7. The zero-order chi connectivity index (χ0) is 20.3. The van der Waals surface area contributed by atoms with Gasteiger partial charge in [0.05, 0.1) is 19.7 Å². The van der Waals surface area contributed by atoms with Gasteiger partial charge in [0, 0.05) is 12.4 Å². The molecule has 0 aliphatic heterocycles. The highest BCUT2D eigenvalue weighted by Crippen LogP contribution is 2.35. The first-order valence-corrected chi connectivity index (χ1v) is 8.25. The molecule has 0 aliphatic rings. The van der Waals surface area contributed by atoms with Gasteiger partial charge in [-0.05, 0) is 32.0 Å². The molecule has 3 N–H and O–H groups in total. The van der Waals surface area contributed by atoms with Gasteiger partial charge >= 0.3 is 5.97 Å². The normalized spacial score (nSPS) is 12.9. The molecule has 0 aliphatic carbocycles. The number of nitrogens with one attached hydrogen (secondary N) is 2. The SMILES string of the molecule is COc1ccc(OC)c2c1cc(C(=O)NC(C)C(=O)NC(C)C(=O)O)n2C. The van der Waals surface area contributed by atoms with Gasteiger partial charge in [0.1, 0.15) is 29.3 Å². The molecule has 2 unspecified atom stereocenters. The summed E-state index contributed by atoms with van der Waals surface area (Å²) >= 11 is 0. The third kappa shape index (κ3) is 3.97. The van der Waals surface area contributed by atoms with Gasteiger partial charge in [-0.25, -0.2) is 0 Å². The molecule has 0 saturated carbocycles. The maximum absolute atomic E-state index is 12.7. The Morgan fingerprint density at radius 2 is 1.63 bits per heavy atom. The summed E-state index contributed by atoms with van der Waals surface area (Å²) in [5.41, 5.74) is 0.984. The van der Waals surface area contributed by atoms with Crippen LogP contribution in [0.2, 0.25) is 0 Å². The van der Waals surface area contributed by atoms with E-state index in [-0.39, 0.29) is 0 Å². The van der Waals surface area contributed by atoms with Crippen molar-refractivity contribution in [2.45, 2.75) is 25.9 Å². The Hall–Kier alpha value is -3.23. The second-order valence-electron chi connectivity index (χ2n) is 6.08. The lowest BCUT2D eigenvalue weighted by atomic mass is 10.2. The molecular weight excluding hydrogens is 354 g/mol. The molecule has 0 spiro atoms. The number of nitrogens with zero attached hydrogens (tertiary/aromatic N) is 1. The van der Waals surface area contributed by atoms with Crippen molar-refractivity contribution in [3.8, 4) is 11.5 Å². The van der Waals surface area contributed by atoms with Gasteiger partial charge in [-0.2, -0.15) is 0 Å². The number of aliphatic carboxylic acids is 1. The summed E-state index contributed by atoms with van der Waals surface area (Å²) in [5.74, 6) is -1.07. The van der Waals surface area contributed by atoms with Gasteiger partial charge in [-0.1, -0.05) is 0 Å². The van der Waals surface area contributed by atoms with E-state index < -0.39 is 29.9 Å². The smallest absolute Gasteiger partial charge is 0.325 e. The molecule has 1 aromatic carbocycles. The van der Waals surface area contributed by atoms with Crippen LogP contribution in [0.1, 0.15) is 24.3 Å². The summed E-state index contributed by atoms with van der Waals surface area (Å²) in [4.78, 5) is 35.5. The first kappa shape index (κ1) is 20.1. The fraction of sp³-hybridized carbons (Fsp3) is 0.389. The quantitative estimate of drug-likeness (QED) is 0.660. The standard InChI is InChI=1S/C18H23N3O6/c1-9(16(22)20-10(2)18(24)25)19-17(23)12-8-11-13(26-4)6-7-14(27-5)15(11)21(12)3/h6-10H,1-5H3,(H,19,23)(H,20,22)(H,24,25). The lowest BCUT2D eigenvalue weighted by Crippen LogP contribution is -2.49. The number of carbonyl (C=O) groups excluding carboxylic acids is 2. The molecule has 2 aromatic rings. The summed E-state index contributed by atoms with van der Waals surface area (Å²) in [6.07, 6.45) is 0. The van der Waals surface area contributed by atoms with Crippen LogP contribution in [0.15, 0.2) is 18.2 Å². The first-order valence-electron chi connectivity index (χ1n) is 8.25. The minimum absolute atomic E-state index is 0.304. The molecule has 1 aromatic heterocycles. The van der Waals surface area contributed by atoms with E-state index >= 15 is 0 Å². The van der Waals surface area contributed by atoms with Crippen molar-refractivity contribution in [1.29, 1.82) is 0 Å². The fourth-order valence-electron chi connectivity index (χ4n) is 2.71. The molecule has 1 heterocycles. The number of fused-ring (bicyclic) bond motifs is 1. The summed E-state index contributed by atoms with van der Waals surface area (Å²) in [6, 6.07) is 3.17. The van der Waals surface area contributed by atoms with Crippen LogP contribution in [0.25, 0.3) is 10.9 Å². The van der Waals surface area contributed by atoms with Crippen LogP contribution in [0.3, 0.4) is 0 Å². The number of carboxylic acid groups (broad SMARTS) is 1. The second kappa shape index (κ2) is 7.98. The van der Waals surface area contributed by atoms with Crippen molar-refractivity contribution in [1.82, 2.24) is 15.2 Å². The van der Waals surface area contributed by atoms with Crippen LogP contribution in [0, 0.1) is 0 Å². The maximum Gasteiger partial charge on any atom is 0.325 e. The van der Waals surface area contributed by atoms with Gasteiger partial charge in [0.2, 0.25) is 5.91 Å². The van der Waals surface area contributed by atoms with E-state index in [4.69, 9.17) is 14.6 Å². The van der Waals surface area contributed by atoms with Crippen molar-refractivity contribution in [3.05, 3.63) is 23.9 Å². The zero-order valence-electron chi connectivity index (χ0n) is 15.8. The van der Waals surface area contributed by atoms with E-state index in [0.29, 0.717) is 28.1 Å². The number of benzene rings is 1. The lowest BCUT2D eigenvalue weighted by molar-refractivity contribution is -0.141. The van der Waals surface area contributed by atoms with Crippen molar-refractivity contribution < 1.29 is 29.0 Å². The van der Waals surface area contributed by atoms with Crippen molar-refractivity contribution >= 4 is 28.7 Å². The van der Waals surface area contributed by atoms with E-state index in [0.717, 1.165) is 0 Å². The van der Waals surface area contributed by atoms with Gasteiger partial charge in [-0.15, -0.1) is 0 Å². The van der Waals surface area contributed by atoms with E-state index in [2.05, 4.69) is 10.6 Å². The Bertz CT molecular complexity index is 889. The predicted molar refractivity (Wildman–Crippen MR) is 98.2 cm³/mol. The number of aromatic nitrogens is 1. The molecule has 2 atom stereocenters. The Balaban J connectivity index is 2.29. The average Bonchev–Trinajstić information content (AvgIpc) is 2.98. The zero-order valence-corrected chi connectivity index (χ0v) is 15.8. The molecule has 2 amide bonds. The van der Waals surface area contributed by atoms with Crippen LogP contribution < -0.4 is 20.1 Å². The summed E-state index contributed by atoms with van der Waals surface area (Å²) in [5, 5.41) is 14.4. The number of rotatable bonds is 7. The summed E-state index contributed by atoms with van der Waals surface area (Å²) in [6.45, 7) is 2.82. The number of carbonyl (C=O) groups is 3. The van der Waals surface area contributed by atoms with Crippen LogP contribution in [-0.2, 0) is 16.6 Å². The lowest BCUT2D eigenvalue weighted by Gasteiger charge is -2.16. The van der Waals surface area contributed by atoms with E-state index in [1.54, 1.807) is 29.8 Å².